The average molecular weight is 641 g/mol. The molecule has 4 aliphatic rings. The lowest BCUT2D eigenvalue weighted by atomic mass is 9.94. The molecule has 8 rings (SSSR count). The molecule has 0 aromatic heterocycles. The van der Waals surface area contributed by atoms with Crippen LogP contribution >= 0.6 is 0 Å². The van der Waals surface area contributed by atoms with Crippen molar-refractivity contribution in [1.82, 2.24) is 9.80 Å². The van der Waals surface area contributed by atoms with Gasteiger partial charge in [0.05, 0.1) is 54.9 Å². The predicted molar refractivity (Wildman–Crippen MR) is 184 cm³/mol. The van der Waals surface area contributed by atoms with Gasteiger partial charge in [0.1, 0.15) is 5.75 Å². The van der Waals surface area contributed by atoms with E-state index in [2.05, 4.69) is 24.3 Å². The van der Waals surface area contributed by atoms with Crippen molar-refractivity contribution in [1.29, 1.82) is 0 Å². The Kier molecular flexibility index (Phi) is 7.67. The minimum Gasteiger partial charge on any atom is -0.493 e. The van der Waals surface area contributed by atoms with Crippen LogP contribution in [0.15, 0.2) is 82.8 Å². The van der Waals surface area contributed by atoms with Crippen LogP contribution < -0.4 is 14.2 Å². The van der Waals surface area contributed by atoms with Crippen LogP contribution in [0.25, 0.3) is 0 Å². The Morgan fingerprint density at radius 1 is 0.667 bits per heavy atom. The minimum atomic E-state index is -0.105. The fraction of sp³-hybridized carbons (Fsp3) is 0.282. The molecule has 9 heteroatoms. The van der Waals surface area contributed by atoms with Gasteiger partial charge in [-0.05, 0) is 59.7 Å². The summed E-state index contributed by atoms with van der Waals surface area (Å²) in [6.07, 6.45) is 5.85. The number of fused-ring (bicyclic) bond motifs is 6. The van der Waals surface area contributed by atoms with E-state index in [1.807, 2.05) is 65.6 Å². The number of methoxy groups -OCH3 is 1. The number of amides is 2. The Hall–Kier alpha value is -5.44. The molecular weight excluding hydrogens is 604 g/mol. The van der Waals surface area contributed by atoms with Crippen LogP contribution in [0, 0.1) is 6.92 Å². The third kappa shape index (κ3) is 5.39. The van der Waals surface area contributed by atoms with Crippen LogP contribution in [0.5, 0.6) is 17.2 Å². The zero-order chi connectivity index (χ0) is 32.8. The SMILES string of the molecule is COc1cc2c(cc1OCCCOc1cc3c(cc1C)C(=O)N1Cc4ccccc4C[C@H]1C=N3)N=C[C@@H]1Cc3ccccc3CN1C2=O. The monoisotopic (exact) mass is 640 g/mol. The Balaban J connectivity index is 0.920. The van der Waals surface area contributed by atoms with E-state index in [4.69, 9.17) is 24.2 Å². The number of hydrogen-bond donors (Lipinski definition) is 0. The molecule has 0 fully saturated rings. The fourth-order valence-corrected chi connectivity index (χ4v) is 7.08. The van der Waals surface area contributed by atoms with Gasteiger partial charge in [0.25, 0.3) is 11.8 Å². The zero-order valence-corrected chi connectivity index (χ0v) is 27.0. The summed E-state index contributed by atoms with van der Waals surface area (Å²) in [5.41, 5.74) is 8.03. The summed E-state index contributed by atoms with van der Waals surface area (Å²) in [4.78, 5) is 40.5. The van der Waals surface area contributed by atoms with E-state index >= 15 is 0 Å². The third-order valence-corrected chi connectivity index (χ3v) is 9.71. The summed E-state index contributed by atoms with van der Waals surface area (Å²) in [5.74, 6) is 1.63. The van der Waals surface area contributed by atoms with E-state index in [1.165, 1.54) is 16.7 Å². The highest BCUT2D eigenvalue weighted by atomic mass is 16.5. The van der Waals surface area contributed by atoms with Crippen LogP contribution in [0.2, 0.25) is 0 Å². The van der Waals surface area contributed by atoms with Crippen molar-refractivity contribution >= 4 is 35.6 Å². The molecule has 4 aromatic carbocycles. The molecule has 242 valence electrons. The summed E-state index contributed by atoms with van der Waals surface area (Å²) in [6.45, 7) is 3.85. The zero-order valence-electron chi connectivity index (χ0n) is 27.0. The van der Waals surface area contributed by atoms with Gasteiger partial charge in [0, 0.05) is 44.1 Å². The quantitative estimate of drug-likeness (QED) is 0.218. The Morgan fingerprint density at radius 3 is 1.73 bits per heavy atom. The summed E-state index contributed by atoms with van der Waals surface area (Å²) >= 11 is 0. The number of aryl methyl sites for hydroxylation is 1. The lowest BCUT2D eigenvalue weighted by Crippen LogP contribution is -2.44. The van der Waals surface area contributed by atoms with E-state index in [-0.39, 0.29) is 23.9 Å². The molecule has 0 saturated carbocycles. The molecule has 0 spiro atoms. The van der Waals surface area contributed by atoms with Gasteiger partial charge in [0.15, 0.2) is 11.5 Å². The van der Waals surface area contributed by atoms with Crippen molar-refractivity contribution in [2.24, 2.45) is 9.98 Å². The second-order valence-electron chi connectivity index (χ2n) is 12.7. The van der Waals surface area contributed by atoms with E-state index in [9.17, 15) is 9.59 Å². The van der Waals surface area contributed by atoms with Gasteiger partial charge in [0.2, 0.25) is 0 Å². The number of carbonyl (C=O) groups is 2. The standard InChI is InChI=1S/C39H36N4O5/c1-24-14-31-33(40-20-29-15-25-8-3-5-10-27(25)22-42(29)38(31)44)18-35(24)47-12-7-13-48-37-19-34-32(17-36(37)46-2)39(45)43-23-28-11-6-4-9-26(28)16-30(43)21-41-34/h3-6,8-11,14,17-21,29-30H,7,12-13,15-16,22-23H2,1-2H3/t29-,30-/m0/s1. The van der Waals surface area contributed by atoms with Gasteiger partial charge >= 0.3 is 0 Å². The first kappa shape index (κ1) is 29.9. The topological polar surface area (TPSA) is 93.0 Å². The lowest BCUT2D eigenvalue weighted by Gasteiger charge is -2.34. The second kappa shape index (κ2) is 12.3. The Bertz CT molecular complexity index is 2000. The molecule has 4 aliphatic heterocycles. The third-order valence-electron chi connectivity index (χ3n) is 9.71. The molecule has 0 radical (unpaired) electrons. The highest BCUT2D eigenvalue weighted by molar-refractivity contribution is 6.04. The number of rotatable bonds is 7. The first-order valence-corrected chi connectivity index (χ1v) is 16.4. The van der Waals surface area contributed by atoms with Gasteiger partial charge in [-0.15, -0.1) is 0 Å². The second-order valence-corrected chi connectivity index (χ2v) is 12.7. The van der Waals surface area contributed by atoms with Crippen LogP contribution in [0.3, 0.4) is 0 Å². The van der Waals surface area contributed by atoms with E-state index < -0.39 is 0 Å². The molecule has 9 nitrogen and oxygen atoms in total. The van der Waals surface area contributed by atoms with Crippen molar-refractivity contribution < 1.29 is 23.8 Å². The first-order valence-electron chi connectivity index (χ1n) is 16.4. The number of aliphatic imine (C=N–C) groups is 2. The molecule has 0 bridgehead atoms. The summed E-state index contributed by atoms with van der Waals surface area (Å²) < 4.78 is 17.9. The normalized spacial score (nSPS) is 18.8. The molecule has 48 heavy (non-hydrogen) atoms. The molecular formula is C39H36N4O5. The van der Waals surface area contributed by atoms with Gasteiger partial charge in [-0.1, -0.05) is 48.5 Å². The predicted octanol–water partition coefficient (Wildman–Crippen LogP) is 6.42. The maximum absolute atomic E-state index is 13.7. The minimum absolute atomic E-state index is 0.00756. The Labute approximate surface area is 279 Å². The molecule has 4 heterocycles. The maximum Gasteiger partial charge on any atom is 0.257 e. The molecule has 0 N–H and O–H groups in total. The van der Waals surface area contributed by atoms with Crippen LogP contribution in [0.4, 0.5) is 11.4 Å². The van der Waals surface area contributed by atoms with E-state index in [0.717, 1.165) is 24.0 Å². The maximum atomic E-state index is 13.7. The smallest absolute Gasteiger partial charge is 0.257 e. The summed E-state index contributed by atoms with van der Waals surface area (Å²) in [6, 6.07) is 23.6. The van der Waals surface area contributed by atoms with Crippen LogP contribution in [-0.4, -0.2) is 66.5 Å². The largest absolute Gasteiger partial charge is 0.493 e. The van der Waals surface area contributed by atoms with E-state index in [0.29, 0.717) is 72.5 Å². The molecule has 0 aliphatic carbocycles. The van der Waals surface area contributed by atoms with Crippen molar-refractivity contribution in [3.05, 3.63) is 112 Å². The summed E-state index contributed by atoms with van der Waals surface area (Å²) in [7, 11) is 1.57. The van der Waals surface area contributed by atoms with Gasteiger partial charge < -0.3 is 24.0 Å². The fourth-order valence-electron chi connectivity index (χ4n) is 7.08. The average Bonchev–Trinajstić information content (AvgIpc) is 3.32. The highest BCUT2D eigenvalue weighted by Crippen LogP contribution is 2.39. The van der Waals surface area contributed by atoms with Crippen LogP contribution in [-0.2, 0) is 25.9 Å². The molecule has 0 saturated heterocycles. The van der Waals surface area contributed by atoms with Crippen molar-refractivity contribution in [3.8, 4) is 17.2 Å². The Morgan fingerprint density at radius 2 is 1.17 bits per heavy atom. The number of benzene rings is 4. The first-order chi connectivity index (χ1) is 23.5. The van der Waals surface area contributed by atoms with Crippen molar-refractivity contribution in [2.75, 3.05) is 20.3 Å². The molecule has 4 aromatic rings. The lowest BCUT2D eigenvalue weighted by molar-refractivity contribution is 0.0696. The molecule has 2 atom stereocenters. The van der Waals surface area contributed by atoms with Crippen molar-refractivity contribution in [2.45, 2.75) is 51.4 Å². The van der Waals surface area contributed by atoms with Gasteiger partial charge in [-0.3, -0.25) is 19.6 Å². The number of ether oxygens (including phenoxy) is 3. The number of nitrogens with zero attached hydrogens (tertiary/aromatic N) is 4. The van der Waals surface area contributed by atoms with E-state index in [1.54, 1.807) is 19.2 Å². The van der Waals surface area contributed by atoms with Crippen molar-refractivity contribution in [3.63, 3.8) is 0 Å². The number of hydrogen-bond acceptors (Lipinski definition) is 7. The molecule has 0 unspecified atom stereocenters. The summed E-state index contributed by atoms with van der Waals surface area (Å²) in [5, 5.41) is 0. The van der Waals surface area contributed by atoms with Gasteiger partial charge in [-0.2, -0.15) is 0 Å². The van der Waals surface area contributed by atoms with Crippen LogP contribution in [0.1, 0.15) is 55.0 Å². The van der Waals surface area contributed by atoms with Gasteiger partial charge in [-0.25, -0.2) is 0 Å². The number of carbonyl (C=O) groups excluding carboxylic acids is 2. The molecule has 2 amide bonds. The highest BCUT2D eigenvalue weighted by Gasteiger charge is 2.34.